The van der Waals surface area contributed by atoms with E-state index in [0.29, 0.717) is 33.3 Å². The fraction of sp³-hybridized carbons (Fsp3) is 0.156. The van der Waals surface area contributed by atoms with Crippen LogP contribution in [0.1, 0.15) is 40.2 Å². The van der Waals surface area contributed by atoms with Crippen LogP contribution in [0.5, 0.6) is 0 Å². The molecule has 0 radical (unpaired) electrons. The topological polar surface area (TPSA) is 65.8 Å². The summed E-state index contributed by atoms with van der Waals surface area (Å²) in [4.78, 5) is 19.4. The number of anilines is 1. The normalized spacial score (nSPS) is 11.1. The number of fused-ring (bicyclic) bond motifs is 1. The number of para-hydroxylation sites is 1. The molecule has 5 rings (SSSR count). The van der Waals surface area contributed by atoms with Crippen LogP contribution in [0.4, 0.5) is 9.39 Å². The molecule has 6 heteroatoms. The molecule has 0 bridgehead atoms. The Hall–Kier alpha value is -4.34. The lowest BCUT2D eigenvalue weighted by molar-refractivity contribution is 0.102. The molecule has 0 atom stereocenters. The predicted octanol–water partition coefficient (Wildman–Crippen LogP) is 8.40. The van der Waals surface area contributed by atoms with Crippen LogP contribution in [0.3, 0.4) is 0 Å². The lowest BCUT2D eigenvalue weighted by atomic mass is 9.99. The summed E-state index contributed by atoms with van der Waals surface area (Å²) in [6, 6.07) is 25.9. The summed E-state index contributed by atoms with van der Waals surface area (Å²) in [5, 5.41) is 14.2. The quantitative estimate of drug-likeness (QED) is 0.245. The van der Waals surface area contributed by atoms with Crippen LogP contribution in [0.25, 0.3) is 33.3 Å². The molecule has 0 fully saturated rings. The van der Waals surface area contributed by atoms with Crippen molar-refractivity contribution >= 4 is 33.1 Å². The number of halogens is 1. The van der Waals surface area contributed by atoms with E-state index in [1.807, 2.05) is 49.4 Å². The molecular formula is C32H26FN3OS. The molecular weight excluding hydrogens is 493 g/mol. The van der Waals surface area contributed by atoms with Crippen LogP contribution in [0, 0.1) is 30.0 Å². The summed E-state index contributed by atoms with van der Waals surface area (Å²) in [5.41, 5.74) is 5.90. The number of benzene rings is 3. The van der Waals surface area contributed by atoms with E-state index in [9.17, 15) is 14.4 Å². The molecule has 1 amide bonds. The monoisotopic (exact) mass is 519 g/mol. The van der Waals surface area contributed by atoms with Gasteiger partial charge in [-0.1, -0.05) is 68.4 Å². The SMILES string of the molecule is Cc1sc(NC(=O)c2cc(-c3ccc(CC(C)C)cc3)nc3ccccc23)c(C#N)c1-c1ccc(F)cc1. The van der Waals surface area contributed by atoms with Crippen LogP contribution in [0.2, 0.25) is 0 Å². The number of thiophene rings is 1. The van der Waals surface area contributed by atoms with Crippen LogP contribution >= 0.6 is 11.3 Å². The van der Waals surface area contributed by atoms with Crippen molar-refractivity contribution < 1.29 is 9.18 Å². The van der Waals surface area contributed by atoms with Gasteiger partial charge in [0.25, 0.3) is 5.91 Å². The minimum absolute atomic E-state index is 0.315. The Bertz CT molecular complexity index is 1680. The first-order chi connectivity index (χ1) is 18.3. The Labute approximate surface area is 225 Å². The average molecular weight is 520 g/mol. The van der Waals surface area contributed by atoms with Crippen molar-refractivity contribution in [1.82, 2.24) is 4.98 Å². The smallest absolute Gasteiger partial charge is 0.257 e. The Morgan fingerprint density at radius 2 is 1.71 bits per heavy atom. The zero-order valence-corrected chi connectivity index (χ0v) is 22.2. The molecule has 38 heavy (non-hydrogen) atoms. The van der Waals surface area contributed by atoms with Crippen molar-refractivity contribution in [2.45, 2.75) is 27.2 Å². The van der Waals surface area contributed by atoms with Crippen LogP contribution < -0.4 is 5.32 Å². The zero-order chi connectivity index (χ0) is 26.8. The minimum Gasteiger partial charge on any atom is -0.312 e. The molecule has 0 aliphatic carbocycles. The lowest BCUT2D eigenvalue weighted by Crippen LogP contribution is -2.13. The molecule has 188 valence electrons. The highest BCUT2D eigenvalue weighted by Gasteiger charge is 2.21. The predicted molar refractivity (Wildman–Crippen MR) is 153 cm³/mol. The van der Waals surface area contributed by atoms with E-state index in [2.05, 4.69) is 37.4 Å². The van der Waals surface area contributed by atoms with Gasteiger partial charge in [-0.3, -0.25) is 4.79 Å². The summed E-state index contributed by atoms with van der Waals surface area (Å²) >= 11 is 1.34. The van der Waals surface area contributed by atoms with E-state index < -0.39 is 0 Å². The molecule has 0 spiro atoms. The maximum atomic E-state index is 13.7. The number of aromatic nitrogens is 1. The number of nitriles is 1. The third-order valence-electron chi connectivity index (χ3n) is 6.41. The van der Waals surface area contributed by atoms with Gasteiger partial charge in [0.05, 0.1) is 22.3 Å². The maximum Gasteiger partial charge on any atom is 0.257 e. The molecule has 2 aromatic heterocycles. The van der Waals surface area contributed by atoms with Crippen LogP contribution in [-0.2, 0) is 6.42 Å². The van der Waals surface area contributed by atoms with Gasteiger partial charge in [0, 0.05) is 21.4 Å². The zero-order valence-electron chi connectivity index (χ0n) is 21.4. The number of pyridine rings is 1. The molecule has 4 nitrogen and oxygen atoms in total. The third kappa shape index (κ3) is 5.06. The first kappa shape index (κ1) is 25.3. The number of nitrogens with zero attached hydrogens (tertiary/aromatic N) is 2. The molecule has 0 unspecified atom stereocenters. The molecule has 0 aliphatic heterocycles. The lowest BCUT2D eigenvalue weighted by Gasteiger charge is -2.11. The average Bonchev–Trinajstić information content (AvgIpc) is 3.22. The number of carbonyl (C=O) groups excluding carboxylic acids is 1. The van der Waals surface area contributed by atoms with Gasteiger partial charge in [0.1, 0.15) is 16.9 Å². The summed E-state index contributed by atoms with van der Waals surface area (Å²) in [6.45, 7) is 6.28. The minimum atomic E-state index is -0.344. The number of hydrogen-bond donors (Lipinski definition) is 1. The van der Waals surface area contributed by atoms with E-state index in [4.69, 9.17) is 4.98 Å². The Kier molecular flexibility index (Phi) is 7.04. The van der Waals surface area contributed by atoms with E-state index >= 15 is 0 Å². The van der Waals surface area contributed by atoms with Gasteiger partial charge in [-0.2, -0.15) is 5.26 Å². The second-order valence-electron chi connectivity index (χ2n) is 9.68. The largest absolute Gasteiger partial charge is 0.312 e. The number of aryl methyl sites for hydroxylation is 1. The molecule has 5 aromatic rings. The van der Waals surface area contributed by atoms with Crippen molar-refractivity contribution in [2.24, 2.45) is 5.92 Å². The van der Waals surface area contributed by atoms with Crippen molar-refractivity contribution in [3.63, 3.8) is 0 Å². The van der Waals surface area contributed by atoms with Crippen LogP contribution in [0.15, 0.2) is 78.9 Å². The van der Waals surface area contributed by atoms with E-state index in [0.717, 1.165) is 33.3 Å². The Morgan fingerprint density at radius 3 is 2.39 bits per heavy atom. The molecule has 0 saturated carbocycles. The van der Waals surface area contributed by atoms with Gasteiger partial charge in [-0.15, -0.1) is 11.3 Å². The van der Waals surface area contributed by atoms with Gasteiger partial charge in [0.15, 0.2) is 0 Å². The standard InChI is InChI=1S/C32H26FN3OS/c1-19(2)16-21-8-10-22(11-9-21)29-17-26(25-6-4-5-7-28(25)35-29)31(37)36-32-27(18-34)30(20(3)38-32)23-12-14-24(33)15-13-23/h4-15,17,19H,16H2,1-3H3,(H,36,37). The summed E-state index contributed by atoms with van der Waals surface area (Å²) < 4.78 is 13.5. The van der Waals surface area contributed by atoms with Crippen molar-refractivity contribution in [2.75, 3.05) is 5.32 Å². The molecule has 2 heterocycles. The number of hydrogen-bond acceptors (Lipinski definition) is 4. The highest BCUT2D eigenvalue weighted by molar-refractivity contribution is 7.17. The number of carbonyl (C=O) groups is 1. The first-order valence-corrected chi connectivity index (χ1v) is 13.3. The third-order valence-corrected chi connectivity index (χ3v) is 7.43. The number of amides is 1. The van der Waals surface area contributed by atoms with Gasteiger partial charge < -0.3 is 5.32 Å². The van der Waals surface area contributed by atoms with E-state index in [-0.39, 0.29) is 11.7 Å². The summed E-state index contributed by atoms with van der Waals surface area (Å²) in [6.07, 6.45) is 1.00. The van der Waals surface area contributed by atoms with Gasteiger partial charge in [-0.25, -0.2) is 9.37 Å². The number of rotatable bonds is 6. The Morgan fingerprint density at radius 1 is 1.03 bits per heavy atom. The second kappa shape index (κ2) is 10.6. The highest BCUT2D eigenvalue weighted by atomic mass is 32.1. The molecule has 3 aromatic carbocycles. The highest BCUT2D eigenvalue weighted by Crippen LogP contribution is 2.40. The van der Waals surface area contributed by atoms with E-state index in [1.54, 1.807) is 12.1 Å². The van der Waals surface area contributed by atoms with Crippen molar-refractivity contribution in [3.05, 3.63) is 106 Å². The number of nitrogens with one attached hydrogen (secondary N) is 1. The fourth-order valence-corrected chi connectivity index (χ4v) is 5.69. The van der Waals surface area contributed by atoms with Gasteiger partial charge in [0.2, 0.25) is 0 Å². The van der Waals surface area contributed by atoms with E-state index in [1.165, 1.54) is 29.0 Å². The van der Waals surface area contributed by atoms with Gasteiger partial charge >= 0.3 is 0 Å². The summed E-state index contributed by atoms with van der Waals surface area (Å²) in [5.74, 6) is -0.0917. The first-order valence-electron chi connectivity index (χ1n) is 12.4. The van der Waals surface area contributed by atoms with Crippen molar-refractivity contribution in [1.29, 1.82) is 5.26 Å². The second-order valence-corrected chi connectivity index (χ2v) is 10.9. The molecule has 0 saturated heterocycles. The van der Waals surface area contributed by atoms with Crippen molar-refractivity contribution in [3.8, 4) is 28.5 Å². The molecule has 1 N–H and O–H groups in total. The Balaban J connectivity index is 1.53. The maximum absolute atomic E-state index is 13.7. The van der Waals surface area contributed by atoms with Gasteiger partial charge in [-0.05, 0) is 54.7 Å². The summed E-state index contributed by atoms with van der Waals surface area (Å²) in [7, 11) is 0. The molecule has 0 aliphatic rings. The fourth-order valence-electron chi connectivity index (χ4n) is 4.67. The van der Waals surface area contributed by atoms with Crippen LogP contribution in [-0.4, -0.2) is 10.9 Å².